The molecule has 0 saturated heterocycles. The van der Waals surface area contributed by atoms with Gasteiger partial charge >= 0.3 is 0 Å². The molecule has 1 N–H and O–H groups in total. The molecule has 4 heteroatoms. The molecule has 3 nitrogen and oxygen atoms in total. The fraction of sp³-hybridized carbons (Fsp3) is 0.0714. The summed E-state index contributed by atoms with van der Waals surface area (Å²) in [6, 6.07) is 8.65. The van der Waals surface area contributed by atoms with Crippen LogP contribution < -0.4 is 4.74 Å². The Kier molecular flexibility index (Phi) is 2.68. The molecule has 0 aliphatic heterocycles. The summed E-state index contributed by atoms with van der Waals surface area (Å²) in [5.74, 6) is 0.448. The van der Waals surface area contributed by atoms with Crippen LogP contribution in [0.1, 0.15) is 5.56 Å². The normalized spacial score (nSPS) is 10.7. The molecule has 3 aromatic rings. The average molecular weight is 242 g/mol. The monoisotopic (exact) mass is 242 g/mol. The third-order valence-corrected chi connectivity index (χ3v) is 2.78. The van der Waals surface area contributed by atoms with Gasteiger partial charge < -0.3 is 9.72 Å². The SMILES string of the molecule is Fc1cccc2c(COc3cccnc3)c[nH]c12. The Labute approximate surface area is 103 Å². The Balaban J connectivity index is 1.85. The molecule has 2 heterocycles. The first-order chi connectivity index (χ1) is 8.84. The highest BCUT2D eigenvalue weighted by Crippen LogP contribution is 2.22. The van der Waals surface area contributed by atoms with Crippen LogP contribution >= 0.6 is 0 Å². The summed E-state index contributed by atoms with van der Waals surface area (Å²) in [6.45, 7) is 0.384. The molecule has 0 spiro atoms. The summed E-state index contributed by atoms with van der Waals surface area (Å²) in [4.78, 5) is 6.89. The Bertz CT molecular complexity index is 664. The van der Waals surface area contributed by atoms with E-state index in [-0.39, 0.29) is 5.82 Å². The van der Waals surface area contributed by atoms with Crippen molar-refractivity contribution in [3.63, 3.8) is 0 Å². The van der Waals surface area contributed by atoms with Gasteiger partial charge in [0.25, 0.3) is 0 Å². The fourth-order valence-electron chi connectivity index (χ4n) is 1.89. The maximum absolute atomic E-state index is 13.5. The van der Waals surface area contributed by atoms with Crippen LogP contribution in [0.4, 0.5) is 4.39 Å². The number of benzene rings is 1. The van der Waals surface area contributed by atoms with Crippen LogP contribution in [0.3, 0.4) is 0 Å². The van der Waals surface area contributed by atoms with E-state index in [1.807, 2.05) is 18.2 Å². The van der Waals surface area contributed by atoms with Crippen molar-refractivity contribution in [2.75, 3.05) is 0 Å². The molecule has 0 atom stereocenters. The molecule has 0 radical (unpaired) electrons. The van der Waals surface area contributed by atoms with E-state index in [1.54, 1.807) is 24.7 Å². The standard InChI is InChI=1S/C14H11FN2O/c15-13-5-1-4-12-10(7-17-14(12)13)9-18-11-3-2-6-16-8-11/h1-8,17H,9H2. The van der Waals surface area contributed by atoms with Crippen molar-refractivity contribution in [3.8, 4) is 5.75 Å². The Morgan fingerprint density at radius 3 is 3.00 bits per heavy atom. The Morgan fingerprint density at radius 1 is 1.22 bits per heavy atom. The lowest BCUT2D eigenvalue weighted by molar-refractivity contribution is 0.306. The van der Waals surface area contributed by atoms with Crippen LogP contribution in [0.2, 0.25) is 0 Å². The number of H-pyrrole nitrogens is 1. The van der Waals surface area contributed by atoms with Gasteiger partial charge in [-0.3, -0.25) is 4.98 Å². The average Bonchev–Trinajstić information content (AvgIpc) is 2.82. The molecule has 0 unspecified atom stereocenters. The summed E-state index contributed by atoms with van der Waals surface area (Å²) in [7, 11) is 0. The summed E-state index contributed by atoms with van der Waals surface area (Å²) in [6.07, 6.45) is 5.10. The molecule has 0 amide bonds. The Hall–Kier alpha value is -2.36. The molecule has 0 fully saturated rings. The van der Waals surface area contributed by atoms with Crippen LogP contribution in [0.25, 0.3) is 10.9 Å². The molecule has 3 rings (SSSR count). The van der Waals surface area contributed by atoms with E-state index >= 15 is 0 Å². The molecule has 0 aliphatic rings. The van der Waals surface area contributed by atoms with Crippen molar-refractivity contribution >= 4 is 10.9 Å². The van der Waals surface area contributed by atoms with Crippen LogP contribution in [-0.2, 0) is 6.61 Å². The van der Waals surface area contributed by atoms with E-state index < -0.39 is 0 Å². The van der Waals surface area contributed by atoms with Crippen molar-refractivity contribution in [2.24, 2.45) is 0 Å². The van der Waals surface area contributed by atoms with E-state index in [2.05, 4.69) is 9.97 Å². The first-order valence-electron chi connectivity index (χ1n) is 5.62. The van der Waals surface area contributed by atoms with Crippen LogP contribution in [0.5, 0.6) is 5.75 Å². The third-order valence-electron chi connectivity index (χ3n) is 2.78. The van der Waals surface area contributed by atoms with Crippen molar-refractivity contribution in [1.82, 2.24) is 9.97 Å². The van der Waals surface area contributed by atoms with Gasteiger partial charge in [-0.2, -0.15) is 0 Å². The van der Waals surface area contributed by atoms with Crippen LogP contribution in [0, 0.1) is 5.82 Å². The van der Waals surface area contributed by atoms with Crippen molar-refractivity contribution in [2.45, 2.75) is 6.61 Å². The Morgan fingerprint density at radius 2 is 2.17 bits per heavy atom. The highest BCUT2D eigenvalue weighted by atomic mass is 19.1. The first-order valence-corrected chi connectivity index (χ1v) is 5.62. The molecular formula is C14H11FN2O. The predicted octanol–water partition coefficient (Wildman–Crippen LogP) is 3.28. The molecular weight excluding hydrogens is 231 g/mol. The number of pyridine rings is 1. The summed E-state index contributed by atoms with van der Waals surface area (Å²) >= 11 is 0. The van der Waals surface area contributed by atoms with E-state index in [1.165, 1.54) is 6.07 Å². The zero-order chi connectivity index (χ0) is 12.4. The number of hydrogen-bond acceptors (Lipinski definition) is 2. The summed E-state index contributed by atoms with van der Waals surface area (Å²) < 4.78 is 19.1. The molecule has 90 valence electrons. The van der Waals surface area contributed by atoms with E-state index in [9.17, 15) is 4.39 Å². The number of hydrogen-bond donors (Lipinski definition) is 1. The maximum atomic E-state index is 13.5. The van der Waals surface area contributed by atoms with Crippen molar-refractivity contribution in [1.29, 1.82) is 0 Å². The summed E-state index contributed by atoms with van der Waals surface area (Å²) in [5, 5.41) is 0.846. The molecule has 0 aliphatic carbocycles. The minimum absolute atomic E-state index is 0.250. The van der Waals surface area contributed by atoms with E-state index in [0.717, 1.165) is 10.9 Å². The van der Waals surface area contributed by atoms with Crippen molar-refractivity contribution in [3.05, 3.63) is 60.3 Å². The second-order valence-corrected chi connectivity index (χ2v) is 3.95. The van der Waals surface area contributed by atoms with E-state index in [4.69, 9.17) is 4.74 Å². The zero-order valence-corrected chi connectivity index (χ0v) is 9.56. The van der Waals surface area contributed by atoms with Gasteiger partial charge in [0.05, 0.1) is 11.7 Å². The second-order valence-electron chi connectivity index (χ2n) is 3.95. The number of aromatic amines is 1. The summed E-state index contributed by atoms with van der Waals surface area (Å²) in [5.41, 5.74) is 1.44. The van der Waals surface area contributed by atoms with Gasteiger partial charge in [-0.1, -0.05) is 12.1 Å². The molecule has 0 bridgehead atoms. The number of nitrogens with one attached hydrogen (secondary N) is 1. The van der Waals surface area contributed by atoms with Gasteiger partial charge in [-0.05, 0) is 18.2 Å². The largest absolute Gasteiger partial charge is 0.487 e. The maximum Gasteiger partial charge on any atom is 0.147 e. The molecule has 1 aromatic carbocycles. The lowest BCUT2D eigenvalue weighted by Crippen LogP contribution is -1.94. The highest BCUT2D eigenvalue weighted by Gasteiger charge is 2.07. The number of ether oxygens (including phenoxy) is 1. The van der Waals surface area contributed by atoms with Crippen LogP contribution in [-0.4, -0.2) is 9.97 Å². The predicted molar refractivity (Wildman–Crippen MR) is 66.8 cm³/mol. The number of fused-ring (bicyclic) bond motifs is 1. The minimum Gasteiger partial charge on any atom is -0.487 e. The lowest BCUT2D eigenvalue weighted by atomic mass is 10.2. The molecule has 18 heavy (non-hydrogen) atoms. The molecule has 2 aromatic heterocycles. The van der Waals surface area contributed by atoms with Gasteiger partial charge in [0.1, 0.15) is 18.2 Å². The van der Waals surface area contributed by atoms with Gasteiger partial charge in [0.15, 0.2) is 0 Å². The number of halogens is 1. The van der Waals surface area contributed by atoms with Gasteiger partial charge in [0, 0.05) is 23.3 Å². The van der Waals surface area contributed by atoms with Gasteiger partial charge in [-0.25, -0.2) is 4.39 Å². The number of nitrogens with zero attached hydrogens (tertiary/aromatic N) is 1. The van der Waals surface area contributed by atoms with E-state index in [0.29, 0.717) is 17.9 Å². The number of para-hydroxylation sites is 1. The fourth-order valence-corrected chi connectivity index (χ4v) is 1.89. The number of aromatic nitrogens is 2. The van der Waals surface area contributed by atoms with Crippen LogP contribution in [0.15, 0.2) is 48.9 Å². The third kappa shape index (κ3) is 1.93. The topological polar surface area (TPSA) is 37.9 Å². The smallest absolute Gasteiger partial charge is 0.147 e. The quantitative estimate of drug-likeness (QED) is 0.765. The first kappa shape index (κ1) is 10.8. The minimum atomic E-state index is -0.250. The van der Waals surface area contributed by atoms with Gasteiger partial charge in [-0.15, -0.1) is 0 Å². The van der Waals surface area contributed by atoms with Gasteiger partial charge in [0.2, 0.25) is 0 Å². The zero-order valence-electron chi connectivity index (χ0n) is 9.56. The second kappa shape index (κ2) is 4.49. The highest BCUT2D eigenvalue weighted by molar-refractivity contribution is 5.83. The number of rotatable bonds is 3. The lowest BCUT2D eigenvalue weighted by Gasteiger charge is -2.04. The molecule has 0 saturated carbocycles. The van der Waals surface area contributed by atoms with Crippen molar-refractivity contribution < 1.29 is 9.13 Å².